The molecule has 3 N–H and O–H groups in total. The Hall–Kier alpha value is -0.990. The van der Waals surface area contributed by atoms with Gasteiger partial charge in [0.15, 0.2) is 0 Å². The van der Waals surface area contributed by atoms with Gasteiger partial charge in [-0.25, -0.2) is 0 Å². The maximum Gasteiger partial charge on any atom is 0.148 e. The first kappa shape index (κ1) is 17.1. The maximum absolute atomic E-state index is 5.89. The zero-order valence-electron chi connectivity index (χ0n) is 13.5. The second-order valence-corrected chi connectivity index (χ2v) is 5.89. The van der Waals surface area contributed by atoms with Crippen molar-refractivity contribution in [3.05, 3.63) is 11.3 Å². The molecule has 0 unspecified atom stereocenters. The van der Waals surface area contributed by atoms with Crippen LogP contribution < -0.4 is 5.73 Å². The van der Waals surface area contributed by atoms with E-state index in [1.807, 2.05) is 0 Å². The van der Waals surface area contributed by atoms with E-state index in [0.29, 0.717) is 5.82 Å². The van der Waals surface area contributed by atoms with E-state index in [1.54, 1.807) is 0 Å². The fourth-order valence-corrected chi connectivity index (χ4v) is 2.77. The van der Waals surface area contributed by atoms with Crippen LogP contribution in [0, 0.1) is 0 Å². The Morgan fingerprint density at radius 2 is 1.40 bits per heavy atom. The normalized spacial score (nSPS) is 11.1. The summed E-state index contributed by atoms with van der Waals surface area (Å²) in [6.07, 6.45) is 15.7. The summed E-state index contributed by atoms with van der Waals surface area (Å²) in [5.74, 6) is 0.706. The quantitative estimate of drug-likeness (QED) is 0.528. The first-order chi connectivity index (χ1) is 9.79. The van der Waals surface area contributed by atoms with Crippen molar-refractivity contribution < 1.29 is 0 Å². The molecular weight excluding hydrogens is 246 g/mol. The van der Waals surface area contributed by atoms with Gasteiger partial charge in [-0.2, -0.15) is 5.10 Å². The van der Waals surface area contributed by atoms with E-state index in [1.165, 1.54) is 69.0 Å². The van der Waals surface area contributed by atoms with Crippen molar-refractivity contribution in [3.8, 4) is 0 Å². The molecule has 0 spiro atoms. The summed E-state index contributed by atoms with van der Waals surface area (Å²) in [6, 6.07) is 0. The molecular formula is C17H33N3. The van der Waals surface area contributed by atoms with Gasteiger partial charge in [-0.3, -0.25) is 5.10 Å². The van der Waals surface area contributed by atoms with E-state index >= 15 is 0 Å². The van der Waals surface area contributed by atoms with Crippen molar-refractivity contribution in [2.45, 2.75) is 90.9 Å². The molecule has 0 aliphatic rings. The van der Waals surface area contributed by atoms with Gasteiger partial charge in [-0.15, -0.1) is 0 Å². The average Bonchev–Trinajstić information content (AvgIpc) is 2.79. The fraction of sp³-hybridized carbons (Fsp3) is 0.824. The Kier molecular flexibility index (Phi) is 9.18. The smallest absolute Gasteiger partial charge is 0.148 e. The lowest BCUT2D eigenvalue weighted by atomic mass is 10.0. The van der Waals surface area contributed by atoms with Crippen LogP contribution in [0.25, 0.3) is 0 Å². The van der Waals surface area contributed by atoms with Crippen LogP contribution in [0.15, 0.2) is 0 Å². The van der Waals surface area contributed by atoms with Crippen LogP contribution >= 0.6 is 0 Å². The molecule has 1 rings (SSSR count). The molecule has 0 bridgehead atoms. The molecule has 20 heavy (non-hydrogen) atoms. The number of H-pyrrole nitrogens is 1. The van der Waals surface area contributed by atoms with Crippen molar-refractivity contribution in [1.29, 1.82) is 0 Å². The number of nitrogens with zero attached hydrogens (tertiary/aromatic N) is 1. The van der Waals surface area contributed by atoms with Gasteiger partial charge >= 0.3 is 0 Å². The SMILES string of the molecule is CCCCCCCCCCCc1[nH]nc(N)c1CCC. The highest BCUT2D eigenvalue weighted by Crippen LogP contribution is 2.18. The average molecular weight is 279 g/mol. The molecule has 0 atom stereocenters. The standard InChI is InChI=1S/C17H33N3/c1-3-5-6-7-8-9-10-11-12-14-16-15(13-4-2)17(18)20-19-16/h3-14H2,1-2H3,(H3,18,19,20). The monoisotopic (exact) mass is 279 g/mol. The van der Waals surface area contributed by atoms with Gasteiger partial charge in [0.1, 0.15) is 5.82 Å². The van der Waals surface area contributed by atoms with Crippen LogP contribution in [0.2, 0.25) is 0 Å². The molecule has 116 valence electrons. The molecule has 0 saturated carbocycles. The minimum atomic E-state index is 0.706. The Morgan fingerprint density at radius 3 is 2.00 bits per heavy atom. The van der Waals surface area contributed by atoms with Crippen molar-refractivity contribution in [1.82, 2.24) is 10.2 Å². The van der Waals surface area contributed by atoms with E-state index in [4.69, 9.17) is 5.73 Å². The van der Waals surface area contributed by atoms with E-state index in [2.05, 4.69) is 24.0 Å². The molecule has 3 nitrogen and oxygen atoms in total. The van der Waals surface area contributed by atoms with Crippen LogP contribution in [0.3, 0.4) is 0 Å². The van der Waals surface area contributed by atoms with Crippen LogP contribution in [0.4, 0.5) is 5.82 Å². The lowest BCUT2D eigenvalue weighted by Crippen LogP contribution is -1.95. The molecule has 0 aliphatic carbocycles. The van der Waals surface area contributed by atoms with E-state index < -0.39 is 0 Å². The first-order valence-electron chi connectivity index (χ1n) is 8.61. The van der Waals surface area contributed by atoms with Gasteiger partial charge < -0.3 is 5.73 Å². The zero-order chi connectivity index (χ0) is 14.6. The predicted octanol–water partition coefficient (Wildman–Crippen LogP) is 5.02. The summed E-state index contributed by atoms with van der Waals surface area (Å²) in [5.41, 5.74) is 8.42. The van der Waals surface area contributed by atoms with E-state index in [0.717, 1.165) is 19.3 Å². The molecule has 0 aliphatic heterocycles. The molecule has 1 aromatic rings. The number of nitrogens with two attached hydrogens (primary N) is 1. The number of nitrogens with one attached hydrogen (secondary N) is 1. The highest BCUT2D eigenvalue weighted by Gasteiger charge is 2.09. The van der Waals surface area contributed by atoms with E-state index in [-0.39, 0.29) is 0 Å². The second-order valence-electron chi connectivity index (χ2n) is 5.89. The van der Waals surface area contributed by atoms with Gasteiger partial charge in [0.25, 0.3) is 0 Å². The minimum Gasteiger partial charge on any atom is -0.382 e. The van der Waals surface area contributed by atoms with Crippen LogP contribution in [0.5, 0.6) is 0 Å². The molecule has 1 aromatic heterocycles. The largest absolute Gasteiger partial charge is 0.382 e. The number of aryl methyl sites for hydroxylation is 1. The van der Waals surface area contributed by atoms with Gasteiger partial charge in [0.2, 0.25) is 0 Å². The first-order valence-corrected chi connectivity index (χ1v) is 8.61. The molecule has 0 aromatic carbocycles. The summed E-state index contributed by atoms with van der Waals surface area (Å²) < 4.78 is 0. The van der Waals surface area contributed by atoms with Crippen LogP contribution in [0.1, 0.15) is 89.3 Å². The topological polar surface area (TPSA) is 54.7 Å². The van der Waals surface area contributed by atoms with Gasteiger partial charge in [0, 0.05) is 11.3 Å². The highest BCUT2D eigenvalue weighted by atomic mass is 15.2. The maximum atomic E-state index is 5.89. The number of hydrogen-bond donors (Lipinski definition) is 2. The third kappa shape index (κ3) is 6.44. The molecule has 0 amide bonds. The number of aromatic nitrogens is 2. The third-order valence-corrected chi connectivity index (χ3v) is 4.02. The molecule has 3 heteroatoms. The fourth-order valence-electron chi connectivity index (χ4n) is 2.77. The summed E-state index contributed by atoms with van der Waals surface area (Å²) in [4.78, 5) is 0. The number of hydrogen-bond acceptors (Lipinski definition) is 2. The van der Waals surface area contributed by atoms with Gasteiger partial charge in [0.05, 0.1) is 0 Å². The van der Waals surface area contributed by atoms with Crippen molar-refractivity contribution in [3.63, 3.8) is 0 Å². The summed E-state index contributed by atoms with van der Waals surface area (Å²) in [5, 5.41) is 7.25. The number of aromatic amines is 1. The van der Waals surface area contributed by atoms with Crippen molar-refractivity contribution in [2.24, 2.45) is 0 Å². The number of rotatable bonds is 12. The molecule has 1 heterocycles. The molecule has 0 saturated heterocycles. The summed E-state index contributed by atoms with van der Waals surface area (Å²) in [7, 11) is 0. The summed E-state index contributed by atoms with van der Waals surface area (Å²) >= 11 is 0. The van der Waals surface area contributed by atoms with Crippen LogP contribution in [-0.4, -0.2) is 10.2 Å². The molecule has 0 radical (unpaired) electrons. The molecule has 0 fully saturated rings. The summed E-state index contributed by atoms with van der Waals surface area (Å²) in [6.45, 7) is 4.46. The third-order valence-electron chi connectivity index (χ3n) is 4.02. The number of nitrogen functional groups attached to an aromatic ring is 1. The Bertz CT molecular complexity index is 344. The second kappa shape index (κ2) is 10.8. The number of unbranched alkanes of at least 4 members (excludes halogenated alkanes) is 8. The Morgan fingerprint density at radius 1 is 0.800 bits per heavy atom. The van der Waals surface area contributed by atoms with Crippen molar-refractivity contribution >= 4 is 5.82 Å². The zero-order valence-corrected chi connectivity index (χ0v) is 13.5. The van der Waals surface area contributed by atoms with Gasteiger partial charge in [-0.05, 0) is 19.3 Å². The Labute approximate surface area is 124 Å². The lowest BCUT2D eigenvalue weighted by Gasteiger charge is -2.04. The number of anilines is 1. The van der Waals surface area contributed by atoms with E-state index in [9.17, 15) is 0 Å². The predicted molar refractivity (Wildman–Crippen MR) is 87.9 cm³/mol. The van der Waals surface area contributed by atoms with Gasteiger partial charge in [-0.1, -0.05) is 71.6 Å². The highest BCUT2D eigenvalue weighted by molar-refractivity contribution is 5.42. The minimum absolute atomic E-state index is 0.706. The van der Waals surface area contributed by atoms with Crippen LogP contribution in [-0.2, 0) is 12.8 Å². The lowest BCUT2D eigenvalue weighted by molar-refractivity contribution is 0.563. The Balaban J connectivity index is 2.06. The van der Waals surface area contributed by atoms with Crippen molar-refractivity contribution in [2.75, 3.05) is 5.73 Å².